The van der Waals surface area contributed by atoms with E-state index in [1.165, 1.54) is 17.0 Å². The molecule has 1 atom stereocenters. The zero-order valence-electron chi connectivity index (χ0n) is 16.4. The molecule has 31 heavy (non-hydrogen) atoms. The minimum absolute atomic E-state index is 0.202. The molecule has 0 aromatic heterocycles. The van der Waals surface area contributed by atoms with Crippen molar-refractivity contribution in [1.29, 1.82) is 0 Å². The lowest BCUT2D eigenvalue weighted by molar-refractivity contribution is -0.125. The van der Waals surface area contributed by atoms with Crippen molar-refractivity contribution in [1.82, 2.24) is 5.32 Å². The van der Waals surface area contributed by atoms with Gasteiger partial charge >= 0.3 is 5.91 Å². The van der Waals surface area contributed by atoms with E-state index in [9.17, 15) is 14.5 Å². The van der Waals surface area contributed by atoms with Crippen LogP contribution in [0.5, 0.6) is 0 Å². The van der Waals surface area contributed by atoms with E-state index >= 15 is 0 Å². The minimum atomic E-state index is -1.07. The fraction of sp³-hybridized carbons (Fsp3) is 0.0833. The van der Waals surface area contributed by atoms with Crippen LogP contribution in [0.1, 0.15) is 17.2 Å². The summed E-state index contributed by atoms with van der Waals surface area (Å²) in [4.78, 5) is 38.0. The van der Waals surface area contributed by atoms with Gasteiger partial charge in [0.05, 0.1) is 0 Å². The predicted molar refractivity (Wildman–Crippen MR) is 121 cm³/mol. The van der Waals surface area contributed by atoms with Gasteiger partial charge in [-0.1, -0.05) is 54.1 Å². The smallest absolute Gasteiger partial charge is 0.303 e. The maximum Gasteiger partial charge on any atom is 0.303 e. The van der Waals surface area contributed by atoms with E-state index in [0.717, 1.165) is 5.56 Å². The number of nitrogens with one attached hydrogen (secondary N) is 1. The Morgan fingerprint density at radius 2 is 1.65 bits per heavy atom. The van der Waals surface area contributed by atoms with E-state index in [2.05, 4.69) is 16.4 Å². The van der Waals surface area contributed by atoms with Crippen molar-refractivity contribution >= 4 is 34.8 Å². The van der Waals surface area contributed by atoms with Crippen molar-refractivity contribution in [3.63, 3.8) is 0 Å². The Hall–Kier alpha value is -3.95. The highest BCUT2D eigenvalue weighted by Crippen LogP contribution is 2.30. The number of terminal acetylenes is 1. The van der Waals surface area contributed by atoms with Gasteiger partial charge in [-0.2, -0.15) is 0 Å². The zero-order chi connectivity index (χ0) is 22.2. The number of carbonyl (C=O) groups excluding carboxylic acids is 2. The Bertz CT molecular complexity index is 1110. The van der Waals surface area contributed by atoms with Crippen LogP contribution in [-0.2, 0) is 16.1 Å². The summed E-state index contributed by atoms with van der Waals surface area (Å²) >= 11 is 5.98. The van der Waals surface area contributed by atoms with Gasteiger partial charge in [-0.15, -0.1) is 11.3 Å². The summed E-state index contributed by atoms with van der Waals surface area (Å²) in [5.74, 6) is 0.955. The normalized spacial score (nSPS) is 11.1. The number of hydrogen-bond acceptors (Lipinski definition) is 4. The third kappa shape index (κ3) is 5.35. The Balaban J connectivity index is 2.02. The molecular formula is C24H18ClN3O3. The lowest BCUT2D eigenvalue weighted by Crippen LogP contribution is -2.43. The molecule has 3 rings (SSSR count). The predicted octanol–water partition coefficient (Wildman–Crippen LogP) is 4.76. The second-order valence-corrected chi connectivity index (χ2v) is 7.02. The maximum absolute atomic E-state index is 13.3. The van der Waals surface area contributed by atoms with E-state index in [-0.39, 0.29) is 12.2 Å². The molecule has 0 spiro atoms. The molecule has 0 aliphatic rings. The molecule has 0 aliphatic carbocycles. The molecule has 1 unspecified atom stereocenters. The van der Waals surface area contributed by atoms with Crippen LogP contribution in [0.2, 0.25) is 5.02 Å². The highest BCUT2D eigenvalue weighted by molar-refractivity contribution is 6.30. The first-order valence-corrected chi connectivity index (χ1v) is 9.71. The Kier molecular flexibility index (Phi) is 7.15. The second kappa shape index (κ2) is 10.2. The molecule has 6 nitrogen and oxygen atoms in total. The average molecular weight is 432 g/mol. The van der Waals surface area contributed by atoms with E-state index in [4.69, 9.17) is 18.0 Å². The van der Waals surface area contributed by atoms with Gasteiger partial charge in [-0.25, -0.2) is 0 Å². The molecule has 154 valence electrons. The van der Waals surface area contributed by atoms with Gasteiger partial charge < -0.3 is 5.32 Å². The van der Waals surface area contributed by atoms with Crippen molar-refractivity contribution in [2.45, 2.75) is 12.6 Å². The standard InChI is InChI=1S/C24H18ClN3O3/c1-2-22(29)28(21-14-10-19(25)11-15-21)23(18-8-12-20(27-31)13-9-18)24(30)26-16-17-6-4-3-5-7-17/h1,3-15,23H,16H2,(H,26,30). The summed E-state index contributed by atoms with van der Waals surface area (Å²) in [6, 6.07) is 20.8. The van der Waals surface area contributed by atoms with Gasteiger partial charge in [0.2, 0.25) is 5.91 Å². The summed E-state index contributed by atoms with van der Waals surface area (Å²) in [5, 5.41) is 6.21. The van der Waals surface area contributed by atoms with Gasteiger partial charge in [0.15, 0.2) is 0 Å². The summed E-state index contributed by atoms with van der Waals surface area (Å²) in [6.45, 7) is 0.267. The number of rotatable bonds is 7. The topological polar surface area (TPSA) is 78.8 Å². The number of anilines is 1. The molecule has 0 saturated heterocycles. The first kappa shape index (κ1) is 21.8. The molecule has 0 bridgehead atoms. The van der Waals surface area contributed by atoms with Gasteiger partial charge in [0.1, 0.15) is 11.7 Å². The third-order valence-electron chi connectivity index (χ3n) is 4.58. The largest absolute Gasteiger partial charge is 0.350 e. The Labute approximate surface area is 184 Å². The SMILES string of the molecule is C#CC(=O)N(c1ccc(Cl)cc1)C(C(=O)NCc1ccccc1)c1ccc(N=O)cc1. The van der Waals surface area contributed by atoms with Crippen LogP contribution in [0.25, 0.3) is 0 Å². The molecule has 0 heterocycles. The van der Waals surface area contributed by atoms with Crippen molar-refractivity contribution in [3.05, 3.63) is 99.9 Å². The van der Waals surface area contributed by atoms with Gasteiger partial charge in [0, 0.05) is 17.3 Å². The molecule has 3 aromatic rings. The van der Waals surface area contributed by atoms with Gasteiger partial charge in [-0.05, 0) is 58.6 Å². The molecule has 0 saturated carbocycles. The molecular weight excluding hydrogens is 414 g/mol. The third-order valence-corrected chi connectivity index (χ3v) is 4.83. The summed E-state index contributed by atoms with van der Waals surface area (Å²) in [6.07, 6.45) is 5.41. The molecule has 7 heteroatoms. The van der Waals surface area contributed by atoms with Crippen LogP contribution < -0.4 is 10.2 Å². The Morgan fingerprint density at radius 1 is 1.00 bits per heavy atom. The van der Waals surface area contributed by atoms with Crippen molar-refractivity contribution < 1.29 is 9.59 Å². The van der Waals surface area contributed by atoms with Crippen LogP contribution in [0.15, 0.2) is 84.0 Å². The lowest BCUT2D eigenvalue weighted by atomic mass is 10.0. The fourth-order valence-corrected chi connectivity index (χ4v) is 3.20. The van der Waals surface area contributed by atoms with Gasteiger partial charge in [0.25, 0.3) is 0 Å². The van der Waals surface area contributed by atoms with Crippen LogP contribution in [-0.4, -0.2) is 11.8 Å². The number of halogens is 1. The minimum Gasteiger partial charge on any atom is -0.350 e. The van der Waals surface area contributed by atoms with E-state index < -0.39 is 17.9 Å². The number of carbonyl (C=O) groups is 2. The second-order valence-electron chi connectivity index (χ2n) is 6.58. The highest BCUT2D eigenvalue weighted by atomic mass is 35.5. The number of benzene rings is 3. The van der Waals surface area contributed by atoms with E-state index in [0.29, 0.717) is 16.3 Å². The van der Waals surface area contributed by atoms with E-state index in [1.54, 1.807) is 36.4 Å². The van der Waals surface area contributed by atoms with Crippen LogP contribution >= 0.6 is 11.6 Å². The quantitative estimate of drug-likeness (QED) is 0.432. The molecule has 3 aromatic carbocycles. The van der Waals surface area contributed by atoms with Crippen molar-refractivity contribution in [2.24, 2.45) is 5.18 Å². The Morgan fingerprint density at radius 3 is 2.23 bits per heavy atom. The van der Waals surface area contributed by atoms with Crippen molar-refractivity contribution in [2.75, 3.05) is 4.90 Å². The number of nitrogens with zero attached hydrogens (tertiary/aromatic N) is 2. The summed E-state index contributed by atoms with van der Waals surface area (Å²) in [7, 11) is 0. The molecule has 0 radical (unpaired) electrons. The summed E-state index contributed by atoms with van der Waals surface area (Å²) < 4.78 is 0. The van der Waals surface area contributed by atoms with Gasteiger partial charge in [-0.3, -0.25) is 14.5 Å². The maximum atomic E-state index is 13.3. The zero-order valence-corrected chi connectivity index (χ0v) is 17.1. The first-order chi connectivity index (χ1) is 15.0. The number of amides is 2. The highest BCUT2D eigenvalue weighted by Gasteiger charge is 2.32. The monoisotopic (exact) mass is 431 g/mol. The first-order valence-electron chi connectivity index (χ1n) is 9.34. The van der Waals surface area contributed by atoms with Crippen LogP contribution in [0, 0.1) is 17.3 Å². The number of hydrogen-bond donors (Lipinski definition) is 1. The molecule has 1 N–H and O–H groups in total. The average Bonchev–Trinajstić information content (AvgIpc) is 2.82. The number of nitroso groups, excluding NO2 is 1. The molecule has 0 aliphatic heterocycles. The summed E-state index contributed by atoms with van der Waals surface area (Å²) in [5.41, 5.74) is 1.98. The van der Waals surface area contributed by atoms with E-state index in [1.807, 2.05) is 30.3 Å². The van der Waals surface area contributed by atoms with Crippen LogP contribution in [0.4, 0.5) is 11.4 Å². The van der Waals surface area contributed by atoms with Crippen LogP contribution in [0.3, 0.4) is 0 Å². The fourth-order valence-electron chi connectivity index (χ4n) is 3.07. The lowest BCUT2D eigenvalue weighted by Gasteiger charge is -2.30. The molecule has 0 fully saturated rings. The molecule has 2 amide bonds. The van der Waals surface area contributed by atoms with Crippen molar-refractivity contribution in [3.8, 4) is 12.3 Å².